The molecular weight excluding hydrogens is 270 g/mol. The van der Waals surface area contributed by atoms with Crippen molar-refractivity contribution in [2.24, 2.45) is 0 Å². The monoisotopic (exact) mass is 283 g/mol. The van der Waals surface area contributed by atoms with Crippen LogP contribution in [0, 0.1) is 0 Å². The predicted octanol–water partition coefficient (Wildman–Crippen LogP) is 4.89. The lowest BCUT2D eigenvalue weighted by atomic mass is 10.1. The third-order valence-corrected chi connectivity index (χ3v) is 3.28. The third kappa shape index (κ3) is 2.61. The Morgan fingerprint density at radius 2 is 1.80 bits per heavy atom. The van der Waals surface area contributed by atoms with Gasteiger partial charge in [0, 0.05) is 11.5 Å². The Balaban J connectivity index is 2.09. The molecule has 0 atom stereocenters. The van der Waals surface area contributed by atoms with Gasteiger partial charge in [-0.05, 0) is 24.1 Å². The summed E-state index contributed by atoms with van der Waals surface area (Å²) in [6.45, 7) is 0. The number of para-hydroxylation sites is 2. The second-order valence-corrected chi connectivity index (χ2v) is 4.83. The van der Waals surface area contributed by atoms with Crippen molar-refractivity contribution in [1.29, 1.82) is 0 Å². The number of halogens is 1. The van der Waals surface area contributed by atoms with Crippen molar-refractivity contribution >= 4 is 28.3 Å². The number of oxazole rings is 1. The highest BCUT2D eigenvalue weighted by atomic mass is 35.5. The van der Waals surface area contributed by atoms with Crippen molar-refractivity contribution < 1.29 is 4.42 Å². The summed E-state index contributed by atoms with van der Waals surface area (Å²) < 4.78 is 5.86. The molecule has 3 aromatic rings. The molecule has 1 heterocycles. The van der Waals surface area contributed by atoms with Crippen LogP contribution in [0.1, 0.15) is 17.9 Å². The second-order valence-electron chi connectivity index (χ2n) is 4.45. The molecule has 2 aromatic carbocycles. The Labute approximate surface area is 122 Å². The van der Waals surface area contributed by atoms with Crippen LogP contribution in [0.4, 0.5) is 0 Å². The minimum atomic E-state index is 0.580. The Hall–Kier alpha value is -2.06. The summed E-state index contributed by atoms with van der Waals surface area (Å²) in [6.07, 6.45) is 2.86. The van der Waals surface area contributed by atoms with E-state index in [0.29, 0.717) is 11.8 Å². The molecule has 0 fully saturated rings. The molecule has 0 aliphatic heterocycles. The SMILES string of the molecule is ClCC/C=C(/c1ccccc1)c1nc2ccccc2o1. The normalized spacial score (nSPS) is 11.9. The Morgan fingerprint density at radius 3 is 2.55 bits per heavy atom. The number of fused-ring (bicyclic) bond motifs is 1. The molecule has 0 N–H and O–H groups in total. The summed E-state index contributed by atoms with van der Waals surface area (Å²) in [7, 11) is 0. The van der Waals surface area contributed by atoms with Gasteiger partial charge in [0.05, 0.1) is 0 Å². The molecule has 0 bridgehead atoms. The summed E-state index contributed by atoms with van der Waals surface area (Å²) in [5.74, 6) is 1.22. The number of hydrogen-bond donors (Lipinski definition) is 0. The van der Waals surface area contributed by atoms with Crippen LogP contribution in [0.2, 0.25) is 0 Å². The highest BCUT2D eigenvalue weighted by Crippen LogP contribution is 2.26. The van der Waals surface area contributed by atoms with Gasteiger partial charge in [0.25, 0.3) is 0 Å². The Morgan fingerprint density at radius 1 is 1.05 bits per heavy atom. The molecule has 2 nitrogen and oxygen atoms in total. The number of rotatable bonds is 4. The van der Waals surface area contributed by atoms with Crippen molar-refractivity contribution in [3.63, 3.8) is 0 Å². The minimum Gasteiger partial charge on any atom is -0.436 e. The van der Waals surface area contributed by atoms with Crippen LogP contribution in [0.3, 0.4) is 0 Å². The van der Waals surface area contributed by atoms with Gasteiger partial charge in [-0.2, -0.15) is 0 Å². The van der Waals surface area contributed by atoms with E-state index in [0.717, 1.165) is 28.7 Å². The molecule has 0 aliphatic carbocycles. The average molecular weight is 284 g/mol. The van der Waals surface area contributed by atoms with Gasteiger partial charge in [-0.15, -0.1) is 11.6 Å². The molecule has 0 aliphatic rings. The van der Waals surface area contributed by atoms with E-state index in [9.17, 15) is 0 Å². The number of hydrogen-bond acceptors (Lipinski definition) is 2. The number of allylic oxidation sites excluding steroid dienone is 1. The van der Waals surface area contributed by atoms with Crippen molar-refractivity contribution in [1.82, 2.24) is 4.98 Å². The second kappa shape index (κ2) is 5.93. The van der Waals surface area contributed by atoms with Gasteiger partial charge in [0.1, 0.15) is 5.52 Å². The smallest absolute Gasteiger partial charge is 0.227 e. The average Bonchev–Trinajstić information content (AvgIpc) is 2.92. The highest BCUT2D eigenvalue weighted by Gasteiger charge is 2.12. The van der Waals surface area contributed by atoms with E-state index >= 15 is 0 Å². The molecule has 3 rings (SSSR count). The van der Waals surface area contributed by atoms with E-state index in [1.807, 2.05) is 42.5 Å². The summed E-state index contributed by atoms with van der Waals surface area (Å²) in [5.41, 5.74) is 3.75. The van der Waals surface area contributed by atoms with Crippen LogP contribution in [0.5, 0.6) is 0 Å². The topological polar surface area (TPSA) is 26.0 Å². The van der Waals surface area contributed by atoms with Crippen LogP contribution in [-0.4, -0.2) is 10.9 Å². The largest absolute Gasteiger partial charge is 0.436 e. The maximum Gasteiger partial charge on any atom is 0.227 e. The first-order chi connectivity index (χ1) is 9.88. The van der Waals surface area contributed by atoms with Crippen LogP contribution < -0.4 is 0 Å². The van der Waals surface area contributed by atoms with Gasteiger partial charge in [-0.1, -0.05) is 48.5 Å². The zero-order valence-electron chi connectivity index (χ0n) is 10.9. The van der Waals surface area contributed by atoms with Crippen LogP contribution in [-0.2, 0) is 0 Å². The highest BCUT2D eigenvalue weighted by molar-refractivity contribution is 6.18. The number of aromatic nitrogens is 1. The van der Waals surface area contributed by atoms with Gasteiger partial charge in [-0.3, -0.25) is 0 Å². The van der Waals surface area contributed by atoms with E-state index in [-0.39, 0.29) is 0 Å². The van der Waals surface area contributed by atoms with Crippen LogP contribution >= 0.6 is 11.6 Å². The fraction of sp³-hybridized carbons (Fsp3) is 0.118. The number of nitrogens with zero attached hydrogens (tertiary/aromatic N) is 1. The Bertz CT molecular complexity index is 698. The van der Waals surface area contributed by atoms with Gasteiger partial charge in [0.15, 0.2) is 5.58 Å². The molecule has 0 saturated carbocycles. The molecule has 20 heavy (non-hydrogen) atoms. The quantitative estimate of drug-likeness (QED) is 0.637. The maximum absolute atomic E-state index is 5.86. The van der Waals surface area contributed by atoms with E-state index < -0.39 is 0 Å². The molecule has 3 heteroatoms. The lowest BCUT2D eigenvalue weighted by molar-refractivity contribution is 0.585. The summed E-state index contributed by atoms with van der Waals surface area (Å²) in [5, 5.41) is 0. The van der Waals surface area contributed by atoms with E-state index in [2.05, 4.69) is 23.2 Å². The summed E-state index contributed by atoms with van der Waals surface area (Å²) in [6, 6.07) is 17.9. The van der Waals surface area contributed by atoms with E-state index in [4.69, 9.17) is 16.0 Å². The summed E-state index contributed by atoms with van der Waals surface area (Å²) in [4.78, 5) is 4.56. The zero-order chi connectivity index (χ0) is 13.8. The van der Waals surface area contributed by atoms with Gasteiger partial charge in [-0.25, -0.2) is 4.98 Å². The maximum atomic E-state index is 5.86. The fourth-order valence-corrected chi connectivity index (χ4v) is 2.24. The molecule has 0 spiro atoms. The van der Waals surface area contributed by atoms with Crippen LogP contribution in [0.15, 0.2) is 65.1 Å². The molecule has 100 valence electrons. The molecule has 1 aromatic heterocycles. The van der Waals surface area contributed by atoms with Gasteiger partial charge in [0.2, 0.25) is 5.89 Å². The molecule has 0 amide bonds. The predicted molar refractivity (Wildman–Crippen MR) is 82.9 cm³/mol. The Kier molecular flexibility index (Phi) is 3.84. The van der Waals surface area contributed by atoms with Crippen molar-refractivity contribution in [2.75, 3.05) is 5.88 Å². The lowest BCUT2D eigenvalue weighted by Crippen LogP contribution is -1.88. The fourth-order valence-electron chi connectivity index (χ4n) is 2.13. The molecule has 0 unspecified atom stereocenters. The van der Waals surface area contributed by atoms with Gasteiger partial charge < -0.3 is 4.42 Å². The summed E-state index contributed by atoms with van der Waals surface area (Å²) >= 11 is 5.80. The van der Waals surface area contributed by atoms with E-state index in [1.54, 1.807) is 0 Å². The minimum absolute atomic E-state index is 0.580. The van der Waals surface area contributed by atoms with E-state index in [1.165, 1.54) is 0 Å². The van der Waals surface area contributed by atoms with Gasteiger partial charge >= 0.3 is 0 Å². The van der Waals surface area contributed by atoms with Crippen molar-refractivity contribution in [3.8, 4) is 0 Å². The molecule has 0 radical (unpaired) electrons. The van der Waals surface area contributed by atoms with Crippen LogP contribution in [0.25, 0.3) is 16.7 Å². The zero-order valence-corrected chi connectivity index (χ0v) is 11.7. The standard InChI is InChI=1S/C17H14ClNO/c18-12-6-9-14(13-7-2-1-3-8-13)17-19-15-10-4-5-11-16(15)20-17/h1-5,7-11H,6,12H2/b14-9-. The first-order valence-electron chi connectivity index (χ1n) is 6.56. The number of benzene rings is 2. The number of alkyl halides is 1. The first-order valence-corrected chi connectivity index (χ1v) is 7.09. The molecular formula is C17H14ClNO. The third-order valence-electron chi connectivity index (χ3n) is 3.07. The molecule has 0 saturated heterocycles. The first kappa shape index (κ1) is 12.9. The van der Waals surface area contributed by atoms with Crippen molar-refractivity contribution in [2.45, 2.75) is 6.42 Å². The van der Waals surface area contributed by atoms with Crippen molar-refractivity contribution in [3.05, 3.63) is 72.1 Å². The lowest BCUT2D eigenvalue weighted by Gasteiger charge is -2.03.